The van der Waals surface area contributed by atoms with Crippen molar-refractivity contribution in [2.24, 2.45) is 5.73 Å². The fourth-order valence-corrected chi connectivity index (χ4v) is 3.71. The molecule has 20 heavy (non-hydrogen) atoms. The van der Waals surface area contributed by atoms with E-state index >= 15 is 0 Å². The standard InChI is InChI=1S/C13H20FN3O2S/c1-11(10-15)16-6-8-17(9-7-16)20(18,19)13-4-2-12(14)3-5-13/h2-5,11H,6-10,15H2,1H3. The molecule has 7 heteroatoms. The number of nitrogens with two attached hydrogens (primary N) is 1. The van der Waals surface area contributed by atoms with E-state index in [9.17, 15) is 12.8 Å². The van der Waals surface area contributed by atoms with Crippen molar-refractivity contribution >= 4 is 10.0 Å². The fourth-order valence-electron chi connectivity index (χ4n) is 2.29. The van der Waals surface area contributed by atoms with Crippen molar-refractivity contribution < 1.29 is 12.8 Å². The van der Waals surface area contributed by atoms with Crippen molar-refractivity contribution in [2.75, 3.05) is 32.7 Å². The van der Waals surface area contributed by atoms with Gasteiger partial charge in [-0.15, -0.1) is 0 Å². The highest BCUT2D eigenvalue weighted by Gasteiger charge is 2.29. The van der Waals surface area contributed by atoms with Gasteiger partial charge in [0.1, 0.15) is 5.82 Å². The van der Waals surface area contributed by atoms with Crippen LogP contribution in [0.2, 0.25) is 0 Å². The minimum absolute atomic E-state index is 0.138. The predicted molar refractivity (Wildman–Crippen MR) is 75.2 cm³/mol. The molecule has 1 aliphatic rings. The van der Waals surface area contributed by atoms with Gasteiger partial charge in [0, 0.05) is 38.8 Å². The Morgan fingerprint density at radius 3 is 2.25 bits per heavy atom. The number of benzene rings is 1. The molecule has 1 fully saturated rings. The van der Waals surface area contributed by atoms with Crippen LogP contribution in [0.5, 0.6) is 0 Å². The number of hydrogen-bond acceptors (Lipinski definition) is 4. The maximum atomic E-state index is 12.9. The van der Waals surface area contributed by atoms with Crippen LogP contribution >= 0.6 is 0 Å². The maximum Gasteiger partial charge on any atom is 0.243 e. The Labute approximate surface area is 119 Å². The first-order valence-corrected chi connectivity index (χ1v) is 8.09. The molecule has 0 saturated carbocycles. The lowest BCUT2D eigenvalue weighted by molar-refractivity contribution is 0.149. The number of hydrogen-bond donors (Lipinski definition) is 1. The van der Waals surface area contributed by atoms with Crippen LogP contribution in [-0.2, 0) is 10.0 Å². The van der Waals surface area contributed by atoms with Crippen molar-refractivity contribution in [3.63, 3.8) is 0 Å². The Kier molecular flexibility index (Phi) is 4.74. The number of sulfonamides is 1. The van der Waals surface area contributed by atoms with Gasteiger partial charge >= 0.3 is 0 Å². The van der Waals surface area contributed by atoms with Crippen molar-refractivity contribution in [3.8, 4) is 0 Å². The van der Waals surface area contributed by atoms with Gasteiger partial charge in [-0.1, -0.05) is 0 Å². The summed E-state index contributed by atoms with van der Waals surface area (Å²) in [6.07, 6.45) is 0. The van der Waals surface area contributed by atoms with Crippen LogP contribution in [0.4, 0.5) is 4.39 Å². The Morgan fingerprint density at radius 2 is 1.75 bits per heavy atom. The second-order valence-electron chi connectivity index (χ2n) is 4.98. The lowest BCUT2D eigenvalue weighted by Gasteiger charge is -2.37. The summed E-state index contributed by atoms with van der Waals surface area (Å²) in [4.78, 5) is 2.32. The van der Waals surface area contributed by atoms with E-state index in [2.05, 4.69) is 4.90 Å². The molecule has 1 atom stereocenters. The van der Waals surface area contributed by atoms with Gasteiger partial charge in [-0.25, -0.2) is 12.8 Å². The zero-order valence-electron chi connectivity index (χ0n) is 11.5. The van der Waals surface area contributed by atoms with Gasteiger partial charge in [-0.05, 0) is 31.2 Å². The van der Waals surface area contributed by atoms with Crippen LogP contribution in [0.15, 0.2) is 29.2 Å². The summed E-state index contributed by atoms with van der Waals surface area (Å²) in [5, 5.41) is 0. The Hall–Kier alpha value is -1.02. The molecule has 1 aliphatic heterocycles. The highest BCUT2D eigenvalue weighted by molar-refractivity contribution is 7.89. The van der Waals surface area contributed by atoms with Gasteiger partial charge in [0.2, 0.25) is 10.0 Å². The van der Waals surface area contributed by atoms with E-state index in [0.717, 1.165) is 0 Å². The van der Waals surface area contributed by atoms with Crippen molar-refractivity contribution in [3.05, 3.63) is 30.1 Å². The monoisotopic (exact) mass is 301 g/mol. The number of rotatable bonds is 4. The zero-order chi connectivity index (χ0) is 14.8. The second kappa shape index (κ2) is 6.17. The summed E-state index contributed by atoms with van der Waals surface area (Å²) < 4.78 is 39.1. The van der Waals surface area contributed by atoms with Crippen LogP contribution in [-0.4, -0.2) is 56.4 Å². The van der Waals surface area contributed by atoms with E-state index in [-0.39, 0.29) is 10.9 Å². The highest BCUT2D eigenvalue weighted by Crippen LogP contribution is 2.18. The molecule has 1 heterocycles. The largest absolute Gasteiger partial charge is 0.329 e. The molecule has 2 rings (SSSR count). The zero-order valence-corrected chi connectivity index (χ0v) is 12.3. The Bertz CT molecular complexity index is 539. The summed E-state index contributed by atoms with van der Waals surface area (Å²) in [6.45, 7) is 4.79. The number of piperazine rings is 1. The van der Waals surface area contributed by atoms with Crippen molar-refractivity contribution in [1.29, 1.82) is 0 Å². The van der Waals surface area contributed by atoms with E-state index in [1.165, 1.54) is 28.6 Å². The van der Waals surface area contributed by atoms with Crippen LogP contribution in [0.1, 0.15) is 6.92 Å². The summed E-state index contributed by atoms with van der Waals surface area (Å²) >= 11 is 0. The first-order chi connectivity index (χ1) is 9.45. The molecule has 2 N–H and O–H groups in total. The third-order valence-corrected chi connectivity index (χ3v) is 5.60. The van der Waals surface area contributed by atoms with Crippen LogP contribution < -0.4 is 5.73 Å². The van der Waals surface area contributed by atoms with Crippen molar-refractivity contribution in [1.82, 2.24) is 9.21 Å². The maximum absolute atomic E-state index is 12.9. The third kappa shape index (κ3) is 3.17. The lowest BCUT2D eigenvalue weighted by Crippen LogP contribution is -2.52. The molecule has 112 valence electrons. The normalized spacial score (nSPS) is 19.9. The van der Waals surface area contributed by atoms with Crippen LogP contribution in [0.25, 0.3) is 0 Å². The molecule has 1 saturated heterocycles. The predicted octanol–water partition coefficient (Wildman–Crippen LogP) is 0.479. The topological polar surface area (TPSA) is 66.6 Å². The van der Waals surface area contributed by atoms with E-state index in [1.54, 1.807) is 0 Å². The molecule has 0 bridgehead atoms. The molecule has 0 aromatic heterocycles. The van der Waals surface area contributed by atoms with Gasteiger partial charge in [0.25, 0.3) is 0 Å². The quantitative estimate of drug-likeness (QED) is 0.878. The number of halogens is 1. The van der Waals surface area contributed by atoms with E-state index in [0.29, 0.717) is 32.7 Å². The molecule has 1 aromatic rings. The smallest absolute Gasteiger partial charge is 0.243 e. The molecule has 5 nitrogen and oxygen atoms in total. The molecule has 0 radical (unpaired) electrons. The third-order valence-electron chi connectivity index (χ3n) is 3.69. The van der Waals surface area contributed by atoms with Gasteiger partial charge < -0.3 is 5.73 Å². The minimum atomic E-state index is -3.53. The average molecular weight is 301 g/mol. The minimum Gasteiger partial charge on any atom is -0.329 e. The van der Waals surface area contributed by atoms with Crippen molar-refractivity contribution in [2.45, 2.75) is 17.9 Å². The molecule has 0 amide bonds. The van der Waals surface area contributed by atoms with E-state index < -0.39 is 15.8 Å². The molecule has 0 aliphatic carbocycles. The van der Waals surface area contributed by atoms with Gasteiger partial charge in [0.05, 0.1) is 4.90 Å². The summed E-state index contributed by atoms with van der Waals surface area (Å²) in [6, 6.07) is 5.20. The SMILES string of the molecule is CC(CN)N1CCN(S(=O)(=O)c2ccc(F)cc2)CC1. The summed E-state index contributed by atoms with van der Waals surface area (Å²) in [5.41, 5.74) is 5.62. The van der Waals surface area contributed by atoms with E-state index in [4.69, 9.17) is 5.73 Å². The first kappa shape index (κ1) is 15.4. The first-order valence-electron chi connectivity index (χ1n) is 6.65. The Balaban J connectivity index is 2.07. The molecular weight excluding hydrogens is 281 g/mol. The summed E-state index contributed by atoms with van der Waals surface area (Å²) in [7, 11) is -3.53. The van der Waals surface area contributed by atoms with Crippen LogP contribution in [0.3, 0.4) is 0 Å². The van der Waals surface area contributed by atoms with Crippen LogP contribution in [0, 0.1) is 5.82 Å². The Morgan fingerprint density at radius 1 is 1.20 bits per heavy atom. The summed E-state index contributed by atoms with van der Waals surface area (Å²) in [5.74, 6) is -0.439. The average Bonchev–Trinajstić information content (AvgIpc) is 2.47. The lowest BCUT2D eigenvalue weighted by atomic mass is 10.2. The molecule has 1 aromatic carbocycles. The molecule has 0 spiro atoms. The second-order valence-corrected chi connectivity index (χ2v) is 6.92. The molecule has 1 unspecified atom stereocenters. The molecular formula is C13H20FN3O2S. The highest BCUT2D eigenvalue weighted by atomic mass is 32.2. The van der Waals surface area contributed by atoms with Gasteiger partial charge in [0.15, 0.2) is 0 Å². The van der Waals surface area contributed by atoms with Gasteiger partial charge in [-0.2, -0.15) is 4.31 Å². The van der Waals surface area contributed by atoms with E-state index in [1.807, 2.05) is 6.92 Å². The fraction of sp³-hybridized carbons (Fsp3) is 0.538. The van der Waals surface area contributed by atoms with Gasteiger partial charge in [-0.3, -0.25) is 4.90 Å². The number of nitrogens with zero attached hydrogens (tertiary/aromatic N) is 2.